The van der Waals surface area contributed by atoms with Crippen LogP contribution in [0.5, 0.6) is 0 Å². The van der Waals surface area contributed by atoms with Crippen molar-refractivity contribution in [2.24, 2.45) is 0 Å². The number of carbonyl (C=O) groups is 2. The number of carboxylic acid groups (broad SMARTS) is 1. The van der Waals surface area contributed by atoms with E-state index in [1.54, 1.807) is 4.90 Å². The summed E-state index contributed by atoms with van der Waals surface area (Å²) < 4.78 is 5.56. The van der Waals surface area contributed by atoms with Gasteiger partial charge in [-0.25, -0.2) is 9.59 Å². The third kappa shape index (κ3) is 10.9. The molecule has 29 heavy (non-hydrogen) atoms. The molecule has 1 atom stereocenters. The van der Waals surface area contributed by atoms with Gasteiger partial charge in [0.25, 0.3) is 0 Å². The van der Waals surface area contributed by atoms with Crippen LogP contribution in [0.15, 0.2) is 24.3 Å². The summed E-state index contributed by atoms with van der Waals surface area (Å²) >= 11 is 0. The van der Waals surface area contributed by atoms with Gasteiger partial charge < -0.3 is 19.8 Å². The molecule has 0 heterocycles. The SMILES string of the molecule is CCCCCCCN(CCc1ccc(CC(O)C(=O)O)cc1)C(=O)OC(C)(C)C. The highest BCUT2D eigenvalue weighted by atomic mass is 16.6. The molecule has 6 heteroatoms. The van der Waals surface area contributed by atoms with Crippen molar-refractivity contribution in [2.75, 3.05) is 13.1 Å². The normalized spacial score (nSPS) is 12.4. The number of benzene rings is 1. The lowest BCUT2D eigenvalue weighted by molar-refractivity contribution is -0.146. The first-order chi connectivity index (χ1) is 13.6. The molecule has 1 aromatic carbocycles. The van der Waals surface area contributed by atoms with Crippen molar-refractivity contribution in [3.8, 4) is 0 Å². The Hall–Kier alpha value is -2.08. The van der Waals surface area contributed by atoms with Crippen molar-refractivity contribution in [1.29, 1.82) is 0 Å². The second kappa shape index (κ2) is 12.5. The average Bonchev–Trinajstić information content (AvgIpc) is 2.63. The minimum atomic E-state index is -1.39. The summed E-state index contributed by atoms with van der Waals surface area (Å²) in [6.07, 6.45) is 4.75. The molecular formula is C23H37NO5. The van der Waals surface area contributed by atoms with E-state index in [0.29, 0.717) is 19.5 Å². The number of hydrogen-bond acceptors (Lipinski definition) is 4. The van der Waals surface area contributed by atoms with Crippen molar-refractivity contribution < 1.29 is 24.5 Å². The topological polar surface area (TPSA) is 87.1 Å². The number of amides is 1. The molecule has 0 spiro atoms. The first-order valence-electron chi connectivity index (χ1n) is 10.6. The van der Waals surface area contributed by atoms with E-state index in [0.717, 1.165) is 24.0 Å². The van der Waals surface area contributed by atoms with Gasteiger partial charge in [-0.3, -0.25) is 0 Å². The third-order valence-electron chi connectivity index (χ3n) is 4.59. The number of aliphatic carboxylic acids is 1. The molecule has 0 aliphatic carbocycles. The van der Waals surface area contributed by atoms with Crippen LogP contribution in [0.3, 0.4) is 0 Å². The van der Waals surface area contributed by atoms with Gasteiger partial charge in [-0.2, -0.15) is 0 Å². The zero-order chi connectivity index (χ0) is 21.9. The van der Waals surface area contributed by atoms with Crippen molar-refractivity contribution in [3.05, 3.63) is 35.4 Å². The summed E-state index contributed by atoms with van der Waals surface area (Å²) in [7, 11) is 0. The minimum Gasteiger partial charge on any atom is -0.479 e. The first-order valence-corrected chi connectivity index (χ1v) is 10.6. The quantitative estimate of drug-likeness (QED) is 0.501. The van der Waals surface area contributed by atoms with E-state index >= 15 is 0 Å². The highest BCUT2D eigenvalue weighted by Gasteiger charge is 2.21. The molecule has 6 nitrogen and oxygen atoms in total. The number of ether oxygens (including phenoxy) is 1. The minimum absolute atomic E-state index is 0.0808. The van der Waals surface area contributed by atoms with Crippen molar-refractivity contribution in [2.45, 2.75) is 84.3 Å². The number of hydrogen-bond donors (Lipinski definition) is 2. The summed E-state index contributed by atoms with van der Waals surface area (Å²) in [6.45, 7) is 9.04. The standard InChI is InChI=1S/C23H37NO5/c1-5-6-7-8-9-15-24(22(28)29-23(2,3)4)16-14-18-10-12-19(13-11-18)17-20(25)21(26)27/h10-13,20,25H,5-9,14-17H2,1-4H3,(H,26,27). The lowest BCUT2D eigenvalue weighted by Gasteiger charge is -2.27. The van der Waals surface area contributed by atoms with Crippen LogP contribution in [-0.4, -0.2) is 52.0 Å². The molecule has 1 rings (SSSR count). The van der Waals surface area contributed by atoms with E-state index < -0.39 is 17.7 Å². The zero-order valence-electron chi connectivity index (χ0n) is 18.3. The Kier molecular flexibility index (Phi) is 10.7. The van der Waals surface area contributed by atoms with Crippen LogP contribution in [0.25, 0.3) is 0 Å². The van der Waals surface area contributed by atoms with Gasteiger partial charge in [-0.1, -0.05) is 56.9 Å². The van der Waals surface area contributed by atoms with E-state index in [1.165, 1.54) is 19.3 Å². The van der Waals surface area contributed by atoms with Crippen LogP contribution in [0.2, 0.25) is 0 Å². The smallest absolute Gasteiger partial charge is 0.410 e. The number of carbonyl (C=O) groups excluding carboxylic acids is 1. The number of rotatable bonds is 12. The van der Waals surface area contributed by atoms with Gasteiger partial charge in [-0.15, -0.1) is 0 Å². The van der Waals surface area contributed by atoms with Gasteiger partial charge in [0.1, 0.15) is 5.60 Å². The molecule has 0 aliphatic heterocycles. The third-order valence-corrected chi connectivity index (χ3v) is 4.59. The summed E-state index contributed by atoms with van der Waals surface area (Å²) in [6, 6.07) is 7.48. The summed E-state index contributed by atoms with van der Waals surface area (Å²) in [5, 5.41) is 18.3. The first kappa shape index (κ1) is 25.0. The fourth-order valence-electron chi connectivity index (χ4n) is 2.94. The Bertz CT molecular complexity index is 621. The molecule has 0 aliphatic rings. The van der Waals surface area contributed by atoms with Crippen molar-refractivity contribution >= 4 is 12.1 Å². The molecule has 2 N–H and O–H groups in total. The molecule has 0 bridgehead atoms. The molecule has 1 aromatic rings. The van der Waals surface area contributed by atoms with Gasteiger partial charge in [0.2, 0.25) is 0 Å². The van der Waals surface area contributed by atoms with E-state index in [4.69, 9.17) is 9.84 Å². The molecule has 0 saturated heterocycles. The fraction of sp³-hybridized carbons (Fsp3) is 0.652. The maximum atomic E-state index is 12.6. The lowest BCUT2D eigenvalue weighted by atomic mass is 10.0. The van der Waals surface area contributed by atoms with Crippen LogP contribution >= 0.6 is 0 Å². The largest absolute Gasteiger partial charge is 0.479 e. The van der Waals surface area contributed by atoms with Crippen LogP contribution < -0.4 is 0 Å². The fourth-order valence-corrected chi connectivity index (χ4v) is 2.94. The Morgan fingerprint density at radius 2 is 1.59 bits per heavy atom. The number of unbranched alkanes of at least 4 members (excludes halogenated alkanes) is 4. The predicted molar refractivity (Wildman–Crippen MR) is 114 cm³/mol. The molecule has 1 amide bonds. The molecule has 0 saturated carbocycles. The maximum absolute atomic E-state index is 12.6. The van der Waals surface area contributed by atoms with Gasteiger partial charge in [-0.05, 0) is 44.7 Å². The highest BCUT2D eigenvalue weighted by Crippen LogP contribution is 2.14. The van der Waals surface area contributed by atoms with Crippen LogP contribution in [-0.2, 0) is 22.4 Å². The molecular weight excluding hydrogens is 370 g/mol. The van der Waals surface area contributed by atoms with E-state index in [-0.39, 0.29) is 12.5 Å². The molecule has 0 radical (unpaired) electrons. The predicted octanol–water partition coefficient (Wildman–Crippen LogP) is 4.42. The molecule has 164 valence electrons. The van der Waals surface area contributed by atoms with Gasteiger partial charge >= 0.3 is 12.1 Å². The Labute approximate surface area is 174 Å². The number of aliphatic hydroxyl groups excluding tert-OH is 1. The van der Waals surface area contributed by atoms with Crippen LogP contribution in [0.4, 0.5) is 4.79 Å². The van der Waals surface area contributed by atoms with E-state index in [1.807, 2.05) is 45.0 Å². The Balaban J connectivity index is 2.62. The number of aliphatic hydroxyl groups is 1. The monoisotopic (exact) mass is 407 g/mol. The zero-order valence-corrected chi connectivity index (χ0v) is 18.3. The Morgan fingerprint density at radius 1 is 1.00 bits per heavy atom. The van der Waals surface area contributed by atoms with Gasteiger partial charge in [0, 0.05) is 19.5 Å². The number of carboxylic acids is 1. The van der Waals surface area contributed by atoms with E-state index in [9.17, 15) is 14.7 Å². The van der Waals surface area contributed by atoms with Gasteiger partial charge in [0.05, 0.1) is 0 Å². The second-order valence-corrected chi connectivity index (χ2v) is 8.51. The lowest BCUT2D eigenvalue weighted by Crippen LogP contribution is -2.38. The van der Waals surface area contributed by atoms with Crippen LogP contribution in [0.1, 0.15) is 70.9 Å². The molecule has 0 fully saturated rings. The highest BCUT2D eigenvalue weighted by molar-refractivity contribution is 5.72. The average molecular weight is 408 g/mol. The van der Waals surface area contributed by atoms with Crippen molar-refractivity contribution in [1.82, 2.24) is 4.90 Å². The molecule has 0 aromatic heterocycles. The second-order valence-electron chi connectivity index (χ2n) is 8.51. The van der Waals surface area contributed by atoms with Gasteiger partial charge in [0.15, 0.2) is 6.10 Å². The van der Waals surface area contributed by atoms with Crippen molar-refractivity contribution in [3.63, 3.8) is 0 Å². The summed E-state index contributed by atoms with van der Waals surface area (Å²) in [5.74, 6) is -1.22. The molecule has 1 unspecified atom stereocenters. The number of nitrogens with zero attached hydrogens (tertiary/aromatic N) is 1. The maximum Gasteiger partial charge on any atom is 0.410 e. The summed E-state index contributed by atoms with van der Waals surface area (Å²) in [5.41, 5.74) is 1.30. The Morgan fingerprint density at radius 3 is 2.14 bits per heavy atom. The van der Waals surface area contributed by atoms with E-state index in [2.05, 4.69) is 6.92 Å². The van der Waals surface area contributed by atoms with Crippen LogP contribution in [0, 0.1) is 0 Å². The summed E-state index contributed by atoms with van der Waals surface area (Å²) in [4.78, 5) is 25.1.